The molecule has 1 aromatic heterocycles. The lowest BCUT2D eigenvalue weighted by Crippen LogP contribution is -2.18. The van der Waals surface area contributed by atoms with E-state index in [0.29, 0.717) is 0 Å². The van der Waals surface area contributed by atoms with Crippen LogP contribution in [-0.2, 0) is 6.18 Å². The molecule has 2 aromatic rings. The zero-order chi connectivity index (χ0) is 15.1. The molecule has 20 heavy (non-hydrogen) atoms. The van der Waals surface area contributed by atoms with Gasteiger partial charge in [-0.1, -0.05) is 17.9 Å². The van der Waals surface area contributed by atoms with Crippen molar-refractivity contribution in [2.24, 2.45) is 0 Å². The first-order valence-electron chi connectivity index (χ1n) is 5.01. The minimum Gasteiger partial charge on any atom is -0.872 e. The Morgan fingerprint density at radius 1 is 1.05 bits per heavy atom. The number of hydrogen-bond donors (Lipinski definition) is 0. The number of ether oxygens (including phenoxy) is 1. The molecule has 2 rings (SSSR count). The van der Waals surface area contributed by atoms with Crippen LogP contribution < -0.4 is 9.84 Å². The second kappa shape index (κ2) is 4.43. The predicted molar refractivity (Wildman–Crippen MR) is 52.9 cm³/mol. The van der Waals surface area contributed by atoms with Gasteiger partial charge >= 0.3 is 12.5 Å². The lowest BCUT2D eigenvalue weighted by Gasteiger charge is -2.17. The van der Waals surface area contributed by atoms with Gasteiger partial charge in [-0.3, -0.25) is 0 Å². The normalized spacial score (nSPS) is 12.7. The second-order valence-electron chi connectivity index (χ2n) is 3.70. The van der Waals surface area contributed by atoms with Gasteiger partial charge in [0.1, 0.15) is 11.2 Å². The fraction of sp³-hybridized carbons (Fsp3) is 0.182. The average Bonchev–Trinajstić information content (AvgIpc) is 2.26. The van der Waals surface area contributed by atoms with E-state index in [0.717, 1.165) is 18.2 Å². The fourth-order valence-electron chi connectivity index (χ4n) is 1.54. The first kappa shape index (κ1) is 14.2. The van der Waals surface area contributed by atoms with E-state index in [2.05, 4.69) is 9.72 Å². The Morgan fingerprint density at radius 2 is 1.70 bits per heavy atom. The molecule has 0 saturated carbocycles. The van der Waals surface area contributed by atoms with E-state index in [-0.39, 0.29) is 11.5 Å². The summed E-state index contributed by atoms with van der Waals surface area (Å²) in [6.07, 6.45) is -10.0. The van der Waals surface area contributed by atoms with Crippen molar-refractivity contribution >= 4 is 10.9 Å². The first-order valence-corrected chi connectivity index (χ1v) is 5.01. The summed E-state index contributed by atoms with van der Waals surface area (Å²) >= 11 is 0. The van der Waals surface area contributed by atoms with Gasteiger partial charge in [0.25, 0.3) is 0 Å². The molecule has 0 aliphatic rings. The van der Waals surface area contributed by atoms with Crippen LogP contribution in [0.25, 0.3) is 10.9 Å². The summed E-state index contributed by atoms with van der Waals surface area (Å²) < 4.78 is 77.5. The molecule has 0 unspecified atom stereocenters. The van der Waals surface area contributed by atoms with E-state index < -0.39 is 35.2 Å². The van der Waals surface area contributed by atoms with Crippen LogP contribution in [0.1, 0.15) is 5.69 Å². The Balaban J connectivity index is 2.69. The Labute approximate surface area is 107 Å². The van der Waals surface area contributed by atoms with E-state index in [1.807, 2.05) is 0 Å². The van der Waals surface area contributed by atoms with Crippen LogP contribution >= 0.6 is 0 Å². The van der Waals surface area contributed by atoms with Crippen LogP contribution in [0.3, 0.4) is 0 Å². The van der Waals surface area contributed by atoms with Crippen molar-refractivity contribution in [1.29, 1.82) is 0 Å². The molecular weight excluding hydrogens is 292 g/mol. The maximum absolute atomic E-state index is 12.5. The number of alkyl halides is 6. The highest BCUT2D eigenvalue weighted by atomic mass is 19.4. The van der Waals surface area contributed by atoms with Crippen molar-refractivity contribution in [2.45, 2.75) is 12.5 Å². The molecule has 1 aromatic carbocycles. The van der Waals surface area contributed by atoms with Gasteiger partial charge < -0.3 is 9.84 Å². The molecule has 0 atom stereocenters. The molecule has 0 aliphatic carbocycles. The molecule has 0 amide bonds. The fourth-order valence-corrected chi connectivity index (χ4v) is 1.54. The van der Waals surface area contributed by atoms with Gasteiger partial charge in [-0.15, -0.1) is 13.2 Å². The van der Waals surface area contributed by atoms with E-state index in [1.54, 1.807) is 0 Å². The Hall–Kier alpha value is -2.19. The number of rotatable bonds is 1. The third kappa shape index (κ3) is 2.86. The molecule has 0 N–H and O–H groups in total. The maximum Gasteiger partial charge on any atom is 0.573 e. The minimum atomic E-state index is -5.10. The van der Waals surface area contributed by atoms with Crippen LogP contribution in [-0.4, -0.2) is 11.3 Å². The molecule has 0 saturated heterocycles. The summed E-state index contributed by atoms with van der Waals surface area (Å²) in [5.74, 6) is -2.05. The lowest BCUT2D eigenvalue weighted by molar-refractivity contribution is -0.274. The molecular formula is C11H4F6NO2-. The number of fused-ring (bicyclic) bond motifs is 1. The van der Waals surface area contributed by atoms with Crippen molar-refractivity contribution in [2.75, 3.05) is 0 Å². The summed E-state index contributed by atoms with van der Waals surface area (Å²) in [7, 11) is 0. The zero-order valence-electron chi connectivity index (χ0n) is 9.34. The molecule has 0 bridgehead atoms. The van der Waals surface area contributed by atoms with E-state index in [9.17, 15) is 31.4 Å². The number of pyridine rings is 1. The summed E-state index contributed by atoms with van der Waals surface area (Å²) in [6, 6.07) is 3.12. The van der Waals surface area contributed by atoms with Crippen LogP contribution in [0.15, 0.2) is 24.3 Å². The number of para-hydroxylation sites is 1. The Kier molecular flexibility index (Phi) is 3.15. The van der Waals surface area contributed by atoms with Gasteiger partial charge in [0, 0.05) is 0 Å². The third-order valence-electron chi connectivity index (χ3n) is 2.28. The standard InChI is InChI=1S/C11H5F6NO2/c12-10(13,14)8-4-6(19)5-2-1-3-7(9(5)18-8)20-11(15,16)17/h1-4H,(H,18,19)/p-1. The summed E-state index contributed by atoms with van der Waals surface area (Å²) in [5.41, 5.74) is -2.36. The Bertz CT molecular complexity index is 650. The smallest absolute Gasteiger partial charge is 0.573 e. The van der Waals surface area contributed by atoms with Gasteiger partial charge in [-0.25, -0.2) is 4.98 Å². The van der Waals surface area contributed by atoms with Gasteiger partial charge in [-0.05, 0) is 17.5 Å². The largest absolute Gasteiger partial charge is 0.872 e. The monoisotopic (exact) mass is 296 g/mol. The molecule has 108 valence electrons. The van der Waals surface area contributed by atoms with Crippen molar-refractivity contribution in [1.82, 2.24) is 4.98 Å². The highest BCUT2D eigenvalue weighted by Gasteiger charge is 2.35. The predicted octanol–water partition coefficient (Wildman–Crippen LogP) is 3.23. The molecule has 9 heteroatoms. The van der Waals surface area contributed by atoms with Gasteiger partial charge in [-0.2, -0.15) is 13.2 Å². The average molecular weight is 296 g/mol. The first-order chi connectivity index (χ1) is 9.08. The quantitative estimate of drug-likeness (QED) is 0.759. The molecule has 3 nitrogen and oxygen atoms in total. The molecule has 0 spiro atoms. The number of nitrogens with zero attached hydrogens (tertiary/aromatic N) is 1. The molecule has 1 heterocycles. The third-order valence-corrected chi connectivity index (χ3v) is 2.28. The highest BCUT2D eigenvalue weighted by molar-refractivity contribution is 5.89. The summed E-state index contributed by atoms with van der Waals surface area (Å²) in [5, 5.41) is 11.1. The van der Waals surface area contributed by atoms with Crippen LogP contribution in [0, 0.1) is 0 Å². The van der Waals surface area contributed by atoms with Gasteiger partial charge in [0.05, 0.1) is 0 Å². The summed E-state index contributed by atoms with van der Waals surface area (Å²) in [6.45, 7) is 0. The number of halogens is 6. The van der Waals surface area contributed by atoms with Gasteiger partial charge in [0.2, 0.25) is 0 Å². The van der Waals surface area contributed by atoms with Crippen molar-refractivity contribution in [3.8, 4) is 11.5 Å². The van der Waals surface area contributed by atoms with E-state index >= 15 is 0 Å². The van der Waals surface area contributed by atoms with E-state index in [4.69, 9.17) is 0 Å². The van der Waals surface area contributed by atoms with Crippen molar-refractivity contribution < 1.29 is 36.2 Å². The Morgan fingerprint density at radius 3 is 2.25 bits per heavy atom. The summed E-state index contributed by atoms with van der Waals surface area (Å²) in [4.78, 5) is 3.04. The SMILES string of the molecule is [O-]c1cc(C(F)(F)F)nc2c(OC(F)(F)F)cccc12. The second-order valence-corrected chi connectivity index (χ2v) is 3.70. The zero-order valence-corrected chi connectivity index (χ0v) is 9.34. The topological polar surface area (TPSA) is 45.2 Å². The molecule has 0 fully saturated rings. The van der Waals surface area contributed by atoms with Crippen LogP contribution in [0.4, 0.5) is 26.3 Å². The van der Waals surface area contributed by atoms with Crippen LogP contribution in [0.5, 0.6) is 11.5 Å². The molecule has 0 radical (unpaired) electrons. The maximum atomic E-state index is 12.5. The van der Waals surface area contributed by atoms with Crippen molar-refractivity contribution in [3.63, 3.8) is 0 Å². The van der Waals surface area contributed by atoms with Crippen molar-refractivity contribution in [3.05, 3.63) is 30.0 Å². The number of hydrogen-bond acceptors (Lipinski definition) is 3. The van der Waals surface area contributed by atoms with Crippen LogP contribution in [0.2, 0.25) is 0 Å². The number of benzene rings is 1. The lowest BCUT2D eigenvalue weighted by atomic mass is 10.1. The van der Waals surface area contributed by atoms with Gasteiger partial charge in [0.15, 0.2) is 5.75 Å². The molecule has 0 aliphatic heterocycles. The minimum absolute atomic E-state index is 0.222. The number of aromatic nitrogens is 1. The van der Waals surface area contributed by atoms with E-state index in [1.165, 1.54) is 0 Å². The highest BCUT2D eigenvalue weighted by Crippen LogP contribution is 2.36.